The van der Waals surface area contributed by atoms with Crippen molar-refractivity contribution >= 4 is 27.7 Å². The third-order valence-corrected chi connectivity index (χ3v) is 3.20. The van der Waals surface area contributed by atoms with Crippen LogP contribution in [0, 0.1) is 11.3 Å². The summed E-state index contributed by atoms with van der Waals surface area (Å²) in [4.78, 5) is 21.5. The van der Waals surface area contributed by atoms with Crippen LogP contribution in [0.5, 0.6) is 0 Å². The van der Waals surface area contributed by atoms with Crippen LogP contribution in [0.1, 0.15) is 33.2 Å². The maximum atomic E-state index is 11.2. The number of rotatable bonds is 3. The van der Waals surface area contributed by atoms with Gasteiger partial charge in [0, 0.05) is 0 Å². The van der Waals surface area contributed by atoms with Gasteiger partial charge in [-0.2, -0.15) is 5.26 Å². The van der Waals surface area contributed by atoms with Crippen LogP contribution in [0.15, 0.2) is 18.2 Å². The normalized spacial score (nSPS) is 11.6. The molecule has 0 saturated carbocycles. The minimum Gasteiger partial charge on any atom is -0.478 e. The zero-order chi connectivity index (χ0) is 12.3. The first-order valence-electron chi connectivity index (χ1n) is 4.40. The fourth-order valence-corrected chi connectivity index (χ4v) is 1.71. The van der Waals surface area contributed by atoms with Gasteiger partial charge in [0.15, 0.2) is 0 Å². The number of carbonyl (C=O) groups is 2. The topological polar surface area (TPSA) is 78.2 Å². The van der Waals surface area contributed by atoms with Crippen molar-refractivity contribution in [1.82, 2.24) is 0 Å². The number of benzene rings is 1. The van der Waals surface area contributed by atoms with Crippen molar-refractivity contribution in [3.8, 4) is 6.07 Å². The van der Waals surface area contributed by atoms with E-state index in [-0.39, 0.29) is 16.9 Å². The Morgan fingerprint density at radius 3 is 2.56 bits per heavy atom. The summed E-state index contributed by atoms with van der Waals surface area (Å²) in [6.07, 6.45) is 0. The number of alkyl halides is 1. The molecule has 1 aromatic rings. The quantitative estimate of drug-likeness (QED) is 0.863. The molecule has 0 spiro atoms. The molecule has 0 aliphatic rings. The van der Waals surface area contributed by atoms with Crippen molar-refractivity contribution in [1.29, 1.82) is 5.26 Å². The van der Waals surface area contributed by atoms with Crippen molar-refractivity contribution in [3.05, 3.63) is 34.9 Å². The number of hydrogen-bond donors (Lipinski definition) is 1. The first-order chi connectivity index (χ1) is 7.49. The Balaban J connectivity index is 3.46. The molecule has 1 rings (SSSR count). The third-order valence-electron chi connectivity index (χ3n) is 2.06. The van der Waals surface area contributed by atoms with Crippen molar-refractivity contribution in [3.63, 3.8) is 0 Å². The van der Waals surface area contributed by atoms with Gasteiger partial charge >= 0.3 is 5.97 Å². The van der Waals surface area contributed by atoms with Gasteiger partial charge in [0.2, 0.25) is 0 Å². The fourth-order valence-electron chi connectivity index (χ4n) is 1.33. The number of hydrogen-bond acceptors (Lipinski definition) is 3. The van der Waals surface area contributed by atoms with Crippen LogP contribution in [0.3, 0.4) is 0 Å². The van der Waals surface area contributed by atoms with Crippen LogP contribution in [0.4, 0.5) is 0 Å². The maximum absolute atomic E-state index is 11.2. The highest BCUT2D eigenvalue weighted by atomic mass is 79.9. The van der Waals surface area contributed by atoms with Gasteiger partial charge in [0.1, 0.15) is 11.9 Å². The van der Waals surface area contributed by atoms with Gasteiger partial charge in [-0.3, -0.25) is 4.79 Å². The number of nitrogens with zero attached hydrogens (tertiary/aromatic N) is 1. The molecular formula is C11H8BrNO3. The zero-order valence-corrected chi connectivity index (χ0v) is 9.98. The molecule has 1 aromatic carbocycles. The van der Waals surface area contributed by atoms with E-state index in [0.29, 0.717) is 5.56 Å². The fraction of sp³-hybridized carbons (Fsp3) is 0.182. The molecule has 1 N–H and O–H groups in total. The number of ketones is 1. The first kappa shape index (κ1) is 12.4. The largest absolute Gasteiger partial charge is 0.478 e. The predicted molar refractivity (Wildman–Crippen MR) is 60.5 cm³/mol. The standard InChI is InChI=1S/C11H8BrNO3/c1-6(14)10(12)8-4-2-3-7(5-13)9(8)11(15)16/h2-4,10H,1H3,(H,15,16). The van der Waals surface area contributed by atoms with Gasteiger partial charge < -0.3 is 5.11 Å². The van der Waals surface area contributed by atoms with E-state index in [1.807, 2.05) is 0 Å². The summed E-state index contributed by atoms with van der Waals surface area (Å²) in [5.74, 6) is -1.42. The minimum absolute atomic E-state index is 0.0516. The number of nitriles is 1. The molecule has 16 heavy (non-hydrogen) atoms. The molecule has 0 bridgehead atoms. The van der Waals surface area contributed by atoms with E-state index in [4.69, 9.17) is 10.4 Å². The van der Waals surface area contributed by atoms with Gasteiger partial charge in [0.05, 0.1) is 16.0 Å². The van der Waals surface area contributed by atoms with Crippen molar-refractivity contribution in [2.75, 3.05) is 0 Å². The molecule has 0 saturated heterocycles. The lowest BCUT2D eigenvalue weighted by Crippen LogP contribution is -2.10. The van der Waals surface area contributed by atoms with Gasteiger partial charge in [-0.25, -0.2) is 4.79 Å². The van der Waals surface area contributed by atoms with E-state index in [0.717, 1.165) is 0 Å². The summed E-state index contributed by atoms with van der Waals surface area (Å²) in [5, 5.41) is 17.8. The lowest BCUT2D eigenvalue weighted by Gasteiger charge is -2.10. The number of carboxylic acid groups (broad SMARTS) is 1. The van der Waals surface area contributed by atoms with E-state index in [1.165, 1.54) is 19.1 Å². The molecule has 0 fully saturated rings. The Kier molecular flexibility index (Phi) is 3.80. The van der Waals surface area contributed by atoms with Gasteiger partial charge in [-0.15, -0.1) is 0 Å². The highest BCUT2D eigenvalue weighted by Gasteiger charge is 2.22. The third kappa shape index (κ3) is 2.28. The Hall–Kier alpha value is -1.67. The number of halogens is 1. The second kappa shape index (κ2) is 4.90. The molecule has 0 radical (unpaired) electrons. The van der Waals surface area contributed by atoms with Crippen LogP contribution < -0.4 is 0 Å². The average Bonchev–Trinajstić information content (AvgIpc) is 2.26. The Morgan fingerprint density at radius 2 is 2.12 bits per heavy atom. The second-order valence-corrected chi connectivity index (χ2v) is 4.08. The molecule has 0 amide bonds. The lowest BCUT2D eigenvalue weighted by molar-refractivity contribution is -0.116. The molecule has 5 heteroatoms. The van der Waals surface area contributed by atoms with Crippen LogP contribution in [-0.4, -0.2) is 16.9 Å². The summed E-state index contributed by atoms with van der Waals surface area (Å²) < 4.78 is 0. The summed E-state index contributed by atoms with van der Waals surface area (Å²) in [6, 6.07) is 6.28. The van der Waals surface area contributed by atoms with E-state index in [1.54, 1.807) is 12.1 Å². The lowest BCUT2D eigenvalue weighted by atomic mass is 9.98. The highest BCUT2D eigenvalue weighted by molar-refractivity contribution is 9.09. The SMILES string of the molecule is CC(=O)C(Br)c1cccc(C#N)c1C(=O)O. The van der Waals surface area contributed by atoms with E-state index in [9.17, 15) is 9.59 Å². The molecule has 0 heterocycles. The van der Waals surface area contributed by atoms with Crippen LogP contribution in [-0.2, 0) is 4.79 Å². The summed E-state index contributed by atoms with van der Waals surface area (Å²) in [6.45, 7) is 1.35. The Labute approximate surface area is 101 Å². The van der Waals surface area contributed by atoms with E-state index < -0.39 is 10.8 Å². The van der Waals surface area contributed by atoms with Gasteiger partial charge in [-0.05, 0) is 18.6 Å². The van der Waals surface area contributed by atoms with Crippen LogP contribution >= 0.6 is 15.9 Å². The van der Waals surface area contributed by atoms with Crippen molar-refractivity contribution in [2.24, 2.45) is 0 Å². The summed E-state index contributed by atoms with van der Waals surface area (Å²) in [5.41, 5.74) is 0.233. The summed E-state index contributed by atoms with van der Waals surface area (Å²) in [7, 11) is 0. The van der Waals surface area contributed by atoms with Crippen molar-refractivity contribution in [2.45, 2.75) is 11.8 Å². The Morgan fingerprint density at radius 1 is 1.50 bits per heavy atom. The first-order valence-corrected chi connectivity index (χ1v) is 5.31. The predicted octanol–water partition coefficient (Wildman–Crippen LogP) is 2.28. The molecule has 4 nitrogen and oxygen atoms in total. The maximum Gasteiger partial charge on any atom is 0.337 e. The minimum atomic E-state index is -1.21. The van der Waals surface area contributed by atoms with E-state index >= 15 is 0 Å². The molecule has 0 aliphatic carbocycles. The smallest absolute Gasteiger partial charge is 0.337 e. The average molecular weight is 282 g/mol. The number of aromatic carboxylic acids is 1. The highest BCUT2D eigenvalue weighted by Crippen LogP contribution is 2.28. The van der Waals surface area contributed by atoms with Crippen LogP contribution in [0.25, 0.3) is 0 Å². The van der Waals surface area contributed by atoms with E-state index in [2.05, 4.69) is 15.9 Å². The number of Topliss-reactive ketones (excluding diaryl/α,β-unsaturated/α-hetero) is 1. The number of carboxylic acids is 1. The second-order valence-electron chi connectivity index (χ2n) is 3.16. The molecule has 0 aromatic heterocycles. The molecule has 1 atom stereocenters. The summed E-state index contributed by atoms with van der Waals surface area (Å²) >= 11 is 3.11. The Bertz CT molecular complexity index is 490. The van der Waals surface area contributed by atoms with Gasteiger partial charge in [0.25, 0.3) is 0 Å². The monoisotopic (exact) mass is 281 g/mol. The van der Waals surface area contributed by atoms with Crippen molar-refractivity contribution < 1.29 is 14.7 Å². The molecular weight excluding hydrogens is 274 g/mol. The number of carbonyl (C=O) groups excluding carboxylic acids is 1. The molecule has 82 valence electrons. The zero-order valence-electron chi connectivity index (χ0n) is 8.40. The van der Waals surface area contributed by atoms with Gasteiger partial charge in [-0.1, -0.05) is 28.1 Å². The van der Waals surface area contributed by atoms with Crippen LogP contribution in [0.2, 0.25) is 0 Å². The molecule has 1 unspecified atom stereocenters. The molecule has 0 aliphatic heterocycles.